The Morgan fingerprint density at radius 2 is 1.42 bits per heavy atom. The van der Waals surface area contributed by atoms with Crippen molar-refractivity contribution in [3.8, 4) is 5.75 Å². The van der Waals surface area contributed by atoms with Crippen LogP contribution in [0.3, 0.4) is 0 Å². The maximum Gasteiger partial charge on any atom is 0.326 e. The van der Waals surface area contributed by atoms with Gasteiger partial charge in [0.1, 0.15) is 11.8 Å². The van der Waals surface area contributed by atoms with Crippen LogP contribution in [-0.2, 0) is 17.6 Å². The fraction of sp³-hybridized carbons (Fsp3) is 0.143. The minimum absolute atomic E-state index is 0.194. The van der Waals surface area contributed by atoms with Crippen LogP contribution in [-0.4, -0.2) is 29.6 Å². The van der Waals surface area contributed by atoms with E-state index in [-0.39, 0.29) is 6.42 Å². The molecule has 0 unspecified atom stereocenters. The Hall–Kier alpha value is -4.12. The van der Waals surface area contributed by atoms with Gasteiger partial charge in [0, 0.05) is 18.2 Å². The Morgan fingerprint density at radius 1 is 0.788 bits per heavy atom. The topological polar surface area (TPSA) is 75.6 Å². The van der Waals surface area contributed by atoms with Crippen molar-refractivity contribution in [3.05, 3.63) is 114 Å². The fourth-order valence-corrected chi connectivity index (χ4v) is 3.78. The first kappa shape index (κ1) is 22.1. The molecule has 0 aliphatic heterocycles. The summed E-state index contributed by atoms with van der Waals surface area (Å²) in [6.45, 7) is 0.394. The zero-order chi connectivity index (χ0) is 23.0. The van der Waals surface area contributed by atoms with Gasteiger partial charge < -0.3 is 15.2 Å². The molecule has 0 saturated heterocycles. The molecule has 5 heteroatoms. The molecule has 5 nitrogen and oxygen atoms in total. The molecule has 1 atom stereocenters. The average Bonchev–Trinajstić information content (AvgIpc) is 2.85. The van der Waals surface area contributed by atoms with Gasteiger partial charge in [-0.15, -0.1) is 0 Å². The third kappa shape index (κ3) is 5.57. The van der Waals surface area contributed by atoms with E-state index in [9.17, 15) is 14.7 Å². The molecule has 0 bridgehead atoms. The van der Waals surface area contributed by atoms with Crippen molar-refractivity contribution in [2.75, 3.05) is 6.61 Å². The Morgan fingerprint density at radius 3 is 2.12 bits per heavy atom. The maximum absolute atomic E-state index is 13.2. The predicted octanol–water partition coefficient (Wildman–Crippen LogP) is 4.89. The summed E-state index contributed by atoms with van der Waals surface area (Å²) in [5.41, 5.74) is 2.29. The predicted molar refractivity (Wildman–Crippen MR) is 129 cm³/mol. The number of ether oxygens (including phenoxy) is 1. The summed E-state index contributed by atoms with van der Waals surface area (Å²) in [6.07, 6.45) is 0.885. The fourth-order valence-electron chi connectivity index (χ4n) is 3.78. The molecular formula is C28H25NO4. The maximum atomic E-state index is 13.2. The first-order valence-electron chi connectivity index (χ1n) is 10.9. The van der Waals surface area contributed by atoms with E-state index >= 15 is 0 Å². The highest BCUT2D eigenvalue weighted by atomic mass is 16.5. The SMILES string of the molecule is O=C(N[C@@H](Cc1ccccc1)C(=O)O)c1ccc2ccccc2c1OCCc1ccccc1. The number of nitrogens with one attached hydrogen (secondary N) is 1. The van der Waals surface area contributed by atoms with Crippen LogP contribution < -0.4 is 10.1 Å². The van der Waals surface area contributed by atoms with Crippen LogP contribution in [0.4, 0.5) is 0 Å². The lowest BCUT2D eigenvalue weighted by atomic mass is 10.0. The van der Waals surface area contributed by atoms with E-state index in [0.717, 1.165) is 21.9 Å². The lowest BCUT2D eigenvalue weighted by Gasteiger charge is -2.18. The number of fused-ring (bicyclic) bond motifs is 1. The molecule has 0 heterocycles. The minimum Gasteiger partial charge on any atom is -0.492 e. The van der Waals surface area contributed by atoms with Gasteiger partial charge in [-0.1, -0.05) is 91.0 Å². The number of carboxylic acids is 1. The third-order valence-corrected chi connectivity index (χ3v) is 5.49. The molecule has 1 amide bonds. The number of carbonyl (C=O) groups excluding carboxylic acids is 1. The number of amides is 1. The van der Waals surface area contributed by atoms with E-state index in [1.807, 2.05) is 91.0 Å². The quantitative estimate of drug-likeness (QED) is 0.389. The lowest BCUT2D eigenvalue weighted by Crippen LogP contribution is -2.42. The number of benzene rings is 4. The molecule has 0 aliphatic carbocycles. The Bertz CT molecular complexity index is 1240. The van der Waals surface area contributed by atoms with E-state index in [4.69, 9.17) is 4.74 Å². The van der Waals surface area contributed by atoms with Gasteiger partial charge in [-0.05, 0) is 22.6 Å². The summed E-state index contributed by atoms with van der Waals surface area (Å²) in [5, 5.41) is 14.1. The first-order chi connectivity index (χ1) is 16.1. The van der Waals surface area contributed by atoms with E-state index in [1.165, 1.54) is 0 Å². The first-order valence-corrected chi connectivity index (χ1v) is 10.9. The molecule has 0 aromatic heterocycles. The van der Waals surface area contributed by atoms with Crippen molar-refractivity contribution < 1.29 is 19.4 Å². The summed E-state index contributed by atoms with van der Waals surface area (Å²) >= 11 is 0. The van der Waals surface area contributed by atoms with Gasteiger partial charge in [0.05, 0.1) is 12.2 Å². The number of aliphatic carboxylic acids is 1. The van der Waals surface area contributed by atoms with Crippen molar-refractivity contribution >= 4 is 22.6 Å². The Balaban J connectivity index is 1.58. The zero-order valence-corrected chi connectivity index (χ0v) is 18.1. The number of hydrogen-bond acceptors (Lipinski definition) is 3. The molecule has 2 N–H and O–H groups in total. The van der Waals surface area contributed by atoms with Crippen LogP contribution in [0, 0.1) is 0 Å². The van der Waals surface area contributed by atoms with Crippen LogP contribution in [0.2, 0.25) is 0 Å². The minimum atomic E-state index is -1.08. The summed E-state index contributed by atoms with van der Waals surface area (Å²) in [6, 6.07) is 29.4. The van der Waals surface area contributed by atoms with E-state index in [0.29, 0.717) is 24.3 Å². The molecule has 0 fully saturated rings. The molecule has 4 aromatic carbocycles. The van der Waals surface area contributed by atoms with Crippen LogP contribution in [0.1, 0.15) is 21.5 Å². The molecule has 33 heavy (non-hydrogen) atoms. The van der Waals surface area contributed by atoms with Gasteiger partial charge in [0.15, 0.2) is 0 Å². The van der Waals surface area contributed by atoms with E-state index in [1.54, 1.807) is 6.07 Å². The number of rotatable bonds is 9. The smallest absolute Gasteiger partial charge is 0.326 e. The molecule has 0 saturated carbocycles. The van der Waals surface area contributed by atoms with E-state index < -0.39 is 17.9 Å². The summed E-state index contributed by atoms with van der Waals surface area (Å²) < 4.78 is 6.13. The van der Waals surface area contributed by atoms with Gasteiger partial charge in [-0.25, -0.2) is 4.79 Å². The molecule has 0 aliphatic rings. The second-order valence-electron chi connectivity index (χ2n) is 7.80. The number of carbonyl (C=O) groups is 2. The largest absolute Gasteiger partial charge is 0.492 e. The van der Waals surface area contributed by atoms with Crippen molar-refractivity contribution in [1.29, 1.82) is 0 Å². The molecular weight excluding hydrogens is 414 g/mol. The average molecular weight is 440 g/mol. The molecule has 166 valence electrons. The van der Waals surface area contributed by atoms with Crippen molar-refractivity contribution in [1.82, 2.24) is 5.32 Å². The zero-order valence-electron chi connectivity index (χ0n) is 18.1. The van der Waals surface area contributed by atoms with E-state index in [2.05, 4.69) is 5.32 Å². The molecule has 0 radical (unpaired) electrons. The summed E-state index contributed by atoms with van der Waals surface area (Å²) in [7, 11) is 0. The highest BCUT2D eigenvalue weighted by Gasteiger charge is 2.24. The highest BCUT2D eigenvalue weighted by Crippen LogP contribution is 2.30. The van der Waals surface area contributed by atoms with Gasteiger partial charge in [0.2, 0.25) is 0 Å². The van der Waals surface area contributed by atoms with Crippen LogP contribution in [0.15, 0.2) is 97.1 Å². The van der Waals surface area contributed by atoms with Crippen LogP contribution >= 0.6 is 0 Å². The van der Waals surface area contributed by atoms with Crippen molar-refractivity contribution in [2.45, 2.75) is 18.9 Å². The molecule has 0 spiro atoms. The summed E-state index contributed by atoms with van der Waals surface area (Å²) in [4.78, 5) is 25.0. The summed E-state index contributed by atoms with van der Waals surface area (Å²) in [5.74, 6) is -1.09. The lowest BCUT2D eigenvalue weighted by molar-refractivity contribution is -0.139. The van der Waals surface area contributed by atoms with Gasteiger partial charge in [-0.3, -0.25) is 4.79 Å². The third-order valence-electron chi connectivity index (χ3n) is 5.49. The second-order valence-corrected chi connectivity index (χ2v) is 7.80. The van der Waals surface area contributed by atoms with Gasteiger partial charge in [0.25, 0.3) is 5.91 Å². The highest BCUT2D eigenvalue weighted by molar-refractivity contribution is 6.04. The number of carboxylic acid groups (broad SMARTS) is 1. The monoisotopic (exact) mass is 439 g/mol. The van der Waals surface area contributed by atoms with Gasteiger partial charge >= 0.3 is 5.97 Å². The van der Waals surface area contributed by atoms with Crippen molar-refractivity contribution in [3.63, 3.8) is 0 Å². The molecule has 4 rings (SSSR count). The standard InChI is InChI=1S/C28H25NO4/c30-27(29-25(28(31)32)19-21-11-5-2-6-12-21)24-16-15-22-13-7-8-14-23(22)26(24)33-18-17-20-9-3-1-4-10-20/h1-16,25H,17-19H2,(H,29,30)(H,31,32)/t25-/m0/s1. The number of hydrogen-bond donors (Lipinski definition) is 2. The van der Waals surface area contributed by atoms with Crippen LogP contribution in [0.25, 0.3) is 10.8 Å². The Labute approximate surface area is 192 Å². The van der Waals surface area contributed by atoms with Crippen LogP contribution in [0.5, 0.6) is 5.75 Å². The second kappa shape index (κ2) is 10.5. The van der Waals surface area contributed by atoms with Gasteiger partial charge in [-0.2, -0.15) is 0 Å². The normalized spacial score (nSPS) is 11.6. The van der Waals surface area contributed by atoms with Crippen molar-refractivity contribution in [2.24, 2.45) is 0 Å². The Kier molecular flexibility index (Phi) is 7.00. The molecule has 4 aromatic rings.